The van der Waals surface area contributed by atoms with Gasteiger partial charge in [0.2, 0.25) is 0 Å². The van der Waals surface area contributed by atoms with Gasteiger partial charge in [-0.05, 0) is 18.6 Å². The highest BCUT2D eigenvalue weighted by Gasteiger charge is 2.33. The Hall–Kier alpha value is -1.21. The number of nitrogens with two attached hydrogens (primary N) is 3. The Bertz CT molecular complexity index is 561. The highest BCUT2D eigenvalue weighted by atomic mass is 35.5. The molecule has 1 aliphatic rings. The first-order valence-electron chi connectivity index (χ1n) is 5.67. The van der Waals surface area contributed by atoms with E-state index in [9.17, 15) is 4.79 Å². The molecule has 0 spiro atoms. The van der Waals surface area contributed by atoms with Crippen LogP contribution in [0.4, 0.5) is 5.69 Å². The van der Waals surface area contributed by atoms with E-state index in [1.54, 1.807) is 17.9 Å². The molecule has 6 N–H and O–H groups in total. The van der Waals surface area contributed by atoms with Crippen molar-refractivity contribution >= 4 is 35.0 Å². The molecule has 7 heteroatoms. The summed E-state index contributed by atoms with van der Waals surface area (Å²) in [7, 11) is 0. The molecule has 1 atom stereocenters. The van der Waals surface area contributed by atoms with E-state index in [0.29, 0.717) is 22.2 Å². The molecule has 0 aromatic heterocycles. The van der Waals surface area contributed by atoms with Crippen LogP contribution in [0.5, 0.6) is 0 Å². The van der Waals surface area contributed by atoms with Gasteiger partial charge in [0, 0.05) is 12.2 Å². The average Bonchev–Trinajstić information content (AvgIpc) is 2.65. The van der Waals surface area contributed by atoms with Gasteiger partial charge in [0.1, 0.15) is 5.50 Å². The van der Waals surface area contributed by atoms with Gasteiger partial charge in [-0.1, -0.05) is 35.5 Å². The number of allylic oxidation sites excluding steroid dienone is 1. The normalized spacial score (nSPS) is 19.2. The Balaban J connectivity index is 2.56. The van der Waals surface area contributed by atoms with E-state index < -0.39 is 11.4 Å². The fourth-order valence-corrected chi connectivity index (χ4v) is 3.37. The largest absolute Gasteiger partial charge is 0.365 e. The monoisotopic (exact) mass is 298 g/mol. The summed E-state index contributed by atoms with van der Waals surface area (Å²) in [4.78, 5) is 13.6. The van der Waals surface area contributed by atoms with Crippen molar-refractivity contribution in [3.63, 3.8) is 0 Å². The lowest BCUT2D eigenvalue weighted by atomic mass is 10.1. The van der Waals surface area contributed by atoms with Crippen molar-refractivity contribution in [1.29, 1.82) is 0 Å². The minimum Gasteiger partial charge on any atom is -0.365 e. The number of anilines is 1. The topological polar surface area (TPSA) is 98.4 Å². The van der Waals surface area contributed by atoms with E-state index in [2.05, 4.69) is 0 Å². The molecule has 0 fully saturated rings. The van der Waals surface area contributed by atoms with Crippen LogP contribution < -0.4 is 22.1 Å². The predicted octanol–water partition coefficient (Wildman–Crippen LogP) is 1.31. The van der Waals surface area contributed by atoms with Crippen LogP contribution in [0.3, 0.4) is 0 Å². The smallest absolute Gasteiger partial charge is 0.257 e. The number of primary amides is 1. The number of hydrogen-bond acceptors (Lipinski definition) is 5. The maximum absolute atomic E-state index is 11.4. The maximum Gasteiger partial charge on any atom is 0.257 e. The van der Waals surface area contributed by atoms with Gasteiger partial charge in [-0.2, -0.15) is 0 Å². The van der Waals surface area contributed by atoms with Gasteiger partial charge < -0.3 is 22.1 Å². The van der Waals surface area contributed by atoms with Crippen molar-refractivity contribution < 1.29 is 4.79 Å². The summed E-state index contributed by atoms with van der Waals surface area (Å²) in [6.45, 7) is 2.13. The number of carbonyl (C=O) groups is 1. The molecule has 1 unspecified atom stereocenters. The fraction of sp³-hybridized carbons (Fsp3) is 0.250. The molecular weight excluding hydrogens is 284 g/mol. The van der Waals surface area contributed by atoms with Crippen LogP contribution in [0.1, 0.15) is 12.5 Å². The van der Waals surface area contributed by atoms with Gasteiger partial charge in [-0.25, -0.2) is 0 Å². The third-order valence-corrected chi connectivity index (χ3v) is 4.43. The van der Waals surface area contributed by atoms with Gasteiger partial charge in [0.05, 0.1) is 15.6 Å². The molecule has 1 aromatic carbocycles. The van der Waals surface area contributed by atoms with Crippen LogP contribution in [0.2, 0.25) is 5.02 Å². The summed E-state index contributed by atoms with van der Waals surface area (Å²) >= 11 is 7.47. The summed E-state index contributed by atoms with van der Waals surface area (Å²) in [6, 6.07) is 5.48. The van der Waals surface area contributed by atoms with Crippen LogP contribution in [0.25, 0.3) is 0 Å². The average molecular weight is 299 g/mol. The Morgan fingerprint density at radius 1 is 1.53 bits per heavy atom. The zero-order valence-electron chi connectivity index (χ0n) is 10.4. The van der Waals surface area contributed by atoms with Crippen LogP contribution in [-0.2, 0) is 11.3 Å². The molecule has 1 heterocycles. The first-order valence-corrected chi connectivity index (χ1v) is 6.92. The van der Waals surface area contributed by atoms with Gasteiger partial charge in [0.15, 0.2) is 0 Å². The quantitative estimate of drug-likeness (QED) is 0.781. The lowest BCUT2D eigenvalue weighted by Gasteiger charge is -2.27. The Morgan fingerprint density at radius 3 is 2.74 bits per heavy atom. The number of hydrogen-bond donors (Lipinski definition) is 3. The molecule has 0 aliphatic carbocycles. The first kappa shape index (κ1) is 14.2. The van der Waals surface area contributed by atoms with Crippen molar-refractivity contribution in [3.05, 3.63) is 39.4 Å². The SMILES string of the molecule is CC1=C(C(N)=O)SC(N)N1c1c(Cl)cccc1CN. The van der Waals surface area contributed by atoms with Crippen LogP contribution >= 0.6 is 23.4 Å². The first-order chi connectivity index (χ1) is 8.97. The summed E-state index contributed by atoms with van der Waals surface area (Å²) in [5.41, 5.74) is 19.0. The van der Waals surface area contributed by atoms with Gasteiger partial charge >= 0.3 is 0 Å². The van der Waals surface area contributed by atoms with E-state index in [-0.39, 0.29) is 0 Å². The minimum atomic E-state index is -0.484. The van der Waals surface area contributed by atoms with E-state index >= 15 is 0 Å². The second-order valence-corrected chi connectivity index (χ2v) is 5.64. The van der Waals surface area contributed by atoms with Crippen molar-refractivity contribution in [2.75, 3.05) is 4.90 Å². The second kappa shape index (κ2) is 5.42. The Kier molecular flexibility index (Phi) is 4.05. The molecule has 0 radical (unpaired) electrons. The Labute approximate surface area is 120 Å². The van der Waals surface area contributed by atoms with Gasteiger partial charge in [0.25, 0.3) is 5.91 Å². The number of benzene rings is 1. The number of amides is 1. The summed E-state index contributed by atoms with van der Waals surface area (Å²) in [5, 5.41) is 0.545. The maximum atomic E-state index is 11.4. The zero-order valence-corrected chi connectivity index (χ0v) is 12.0. The van der Waals surface area contributed by atoms with Crippen molar-refractivity contribution in [2.24, 2.45) is 17.2 Å². The Morgan fingerprint density at radius 2 is 2.21 bits per heavy atom. The van der Waals surface area contributed by atoms with Crippen LogP contribution in [0, 0.1) is 0 Å². The predicted molar refractivity (Wildman–Crippen MR) is 79.3 cm³/mol. The third-order valence-electron chi connectivity index (χ3n) is 2.94. The number of halogens is 1. The number of para-hydroxylation sites is 1. The number of carbonyl (C=O) groups excluding carboxylic acids is 1. The molecule has 0 saturated heterocycles. The second-order valence-electron chi connectivity index (χ2n) is 4.11. The van der Waals surface area contributed by atoms with E-state index in [1.165, 1.54) is 11.8 Å². The summed E-state index contributed by atoms with van der Waals surface area (Å²) in [6.07, 6.45) is 0. The molecular formula is C12H15ClN4OS. The standard InChI is InChI=1S/C12H15ClN4OS/c1-6-10(11(15)18)19-12(16)17(6)9-7(5-14)3-2-4-8(9)13/h2-4,12H,5,14,16H2,1H3,(H2,15,18). The van der Waals surface area contributed by atoms with E-state index in [4.69, 9.17) is 28.8 Å². The molecule has 1 amide bonds. The lowest BCUT2D eigenvalue weighted by Crippen LogP contribution is -2.35. The van der Waals surface area contributed by atoms with Crippen LogP contribution in [-0.4, -0.2) is 11.4 Å². The molecule has 0 saturated carbocycles. The number of rotatable bonds is 3. The van der Waals surface area contributed by atoms with E-state index in [0.717, 1.165) is 11.3 Å². The highest BCUT2D eigenvalue weighted by molar-refractivity contribution is 8.04. The number of nitrogens with zero attached hydrogens (tertiary/aromatic N) is 1. The lowest BCUT2D eigenvalue weighted by molar-refractivity contribution is -0.113. The molecule has 5 nitrogen and oxygen atoms in total. The molecule has 19 heavy (non-hydrogen) atoms. The summed E-state index contributed by atoms with van der Waals surface area (Å²) in [5.74, 6) is -0.484. The van der Waals surface area contributed by atoms with Crippen molar-refractivity contribution in [3.8, 4) is 0 Å². The third kappa shape index (κ3) is 2.44. The minimum absolute atomic E-state index is 0.336. The molecule has 2 rings (SSSR count). The van der Waals surface area contributed by atoms with Crippen molar-refractivity contribution in [1.82, 2.24) is 0 Å². The molecule has 102 valence electrons. The fourth-order valence-electron chi connectivity index (χ4n) is 2.08. The summed E-state index contributed by atoms with van der Waals surface area (Å²) < 4.78 is 0. The highest BCUT2D eigenvalue weighted by Crippen LogP contribution is 2.42. The van der Waals surface area contributed by atoms with Gasteiger partial charge in [-0.3, -0.25) is 4.79 Å². The number of thioether (sulfide) groups is 1. The zero-order chi connectivity index (χ0) is 14.2. The molecule has 1 aliphatic heterocycles. The molecule has 1 aromatic rings. The van der Waals surface area contributed by atoms with Crippen molar-refractivity contribution in [2.45, 2.75) is 19.0 Å². The molecule has 0 bridgehead atoms. The van der Waals surface area contributed by atoms with Gasteiger partial charge in [-0.15, -0.1) is 0 Å². The van der Waals surface area contributed by atoms with E-state index in [1.807, 2.05) is 12.1 Å². The van der Waals surface area contributed by atoms with Crippen LogP contribution in [0.15, 0.2) is 28.8 Å².